The van der Waals surface area contributed by atoms with Gasteiger partial charge < -0.3 is 15.5 Å². The molecule has 4 nitrogen and oxygen atoms in total. The van der Waals surface area contributed by atoms with Crippen molar-refractivity contribution in [2.75, 3.05) is 0 Å². The van der Waals surface area contributed by atoms with E-state index in [9.17, 15) is 5.26 Å². The van der Waals surface area contributed by atoms with E-state index in [1.807, 2.05) is 66.7 Å². The maximum atomic E-state index is 9.96. The summed E-state index contributed by atoms with van der Waals surface area (Å²) in [7, 11) is 0. The fourth-order valence-electron chi connectivity index (χ4n) is 4.06. The average molecular weight is 458 g/mol. The number of rotatable bonds is 3. The van der Waals surface area contributed by atoms with E-state index in [0.717, 1.165) is 33.3 Å². The first-order valence-electron chi connectivity index (χ1n) is 9.97. The number of aromatic nitrogens is 1. The molecule has 156 valence electrons. The van der Waals surface area contributed by atoms with Gasteiger partial charge in [0.1, 0.15) is 17.4 Å². The molecular formula is C26H17Cl2N3O. The molecule has 1 atom stereocenters. The summed E-state index contributed by atoms with van der Waals surface area (Å²) in [6, 6.07) is 25.2. The highest BCUT2D eigenvalue weighted by Crippen LogP contribution is 2.44. The second-order valence-corrected chi connectivity index (χ2v) is 8.35. The summed E-state index contributed by atoms with van der Waals surface area (Å²) < 4.78 is 5.84. The zero-order valence-corrected chi connectivity index (χ0v) is 18.3. The molecule has 0 aliphatic carbocycles. The van der Waals surface area contributed by atoms with Crippen LogP contribution in [0.25, 0.3) is 27.9 Å². The van der Waals surface area contributed by atoms with Gasteiger partial charge in [-0.2, -0.15) is 5.26 Å². The lowest BCUT2D eigenvalue weighted by Gasteiger charge is -2.24. The Bertz CT molecular complexity index is 1430. The molecule has 0 spiro atoms. The van der Waals surface area contributed by atoms with Crippen molar-refractivity contribution in [3.05, 3.63) is 112 Å². The summed E-state index contributed by atoms with van der Waals surface area (Å²) in [5.74, 6) is 0.223. The van der Waals surface area contributed by atoms with Crippen molar-refractivity contribution < 1.29 is 4.74 Å². The minimum Gasteiger partial charge on any atom is -0.440 e. The Hall–Kier alpha value is -3.65. The van der Waals surface area contributed by atoms with E-state index in [-0.39, 0.29) is 5.88 Å². The molecule has 1 unspecified atom stereocenters. The highest BCUT2D eigenvalue weighted by atomic mass is 35.5. The van der Waals surface area contributed by atoms with Crippen molar-refractivity contribution in [1.82, 2.24) is 4.98 Å². The summed E-state index contributed by atoms with van der Waals surface area (Å²) in [6.07, 6.45) is 1.92. The van der Waals surface area contributed by atoms with Crippen molar-refractivity contribution in [3.63, 3.8) is 0 Å². The number of nitrogens with zero attached hydrogens (tertiary/aromatic N) is 1. The normalized spacial score (nSPS) is 15.9. The predicted octanol–water partition coefficient (Wildman–Crippen LogP) is 6.99. The Morgan fingerprint density at radius 1 is 0.906 bits per heavy atom. The number of hydrogen-bond donors (Lipinski definition) is 2. The summed E-state index contributed by atoms with van der Waals surface area (Å²) in [5, 5.41) is 12.1. The Morgan fingerprint density at radius 2 is 1.62 bits per heavy atom. The number of nitrogens with two attached hydrogens (primary N) is 1. The maximum Gasteiger partial charge on any atom is 0.205 e. The number of hydrogen-bond acceptors (Lipinski definition) is 3. The van der Waals surface area contributed by atoms with Crippen LogP contribution in [0.2, 0.25) is 10.0 Å². The molecule has 1 aromatic heterocycles. The van der Waals surface area contributed by atoms with Crippen LogP contribution < -0.4 is 5.73 Å². The number of fused-ring (bicyclic) bond motifs is 1. The average Bonchev–Trinajstić information content (AvgIpc) is 3.18. The Balaban J connectivity index is 1.78. The fourth-order valence-corrected chi connectivity index (χ4v) is 4.36. The van der Waals surface area contributed by atoms with E-state index in [2.05, 4.69) is 11.1 Å². The molecule has 0 bridgehead atoms. The quantitative estimate of drug-likeness (QED) is 0.347. The highest BCUT2D eigenvalue weighted by Gasteiger charge is 2.30. The van der Waals surface area contributed by atoms with E-state index >= 15 is 0 Å². The van der Waals surface area contributed by atoms with Crippen molar-refractivity contribution in [2.45, 2.75) is 5.92 Å². The lowest BCUT2D eigenvalue weighted by Crippen LogP contribution is -2.16. The third-order valence-corrected chi connectivity index (χ3v) is 6.02. The summed E-state index contributed by atoms with van der Waals surface area (Å²) in [4.78, 5) is 3.51. The molecule has 32 heavy (non-hydrogen) atoms. The Kier molecular flexibility index (Phi) is 5.14. The summed E-state index contributed by atoms with van der Waals surface area (Å²) in [5.41, 5.74) is 11.2. The molecular weight excluding hydrogens is 441 g/mol. The standard InChI is InChI=1S/C26H17Cl2N3O/c27-17-8-6-15(7-9-17)23-13-19(21(14-29)26(30)32-23)24-20-12-18(28)10-11-22(20)31-25(24)16-4-2-1-3-5-16/h1-13,19,31H,30H2. The Morgan fingerprint density at radius 3 is 2.34 bits per heavy atom. The van der Waals surface area contributed by atoms with Crippen molar-refractivity contribution in [2.24, 2.45) is 5.73 Å². The van der Waals surface area contributed by atoms with Crippen molar-refractivity contribution in [1.29, 1.82) is 5.26 Å². The molecule has 0 saturated heterocycles. The second kappa shape index (κ2) is 8.12. The third-order valence-electron chi connectivity index (χ3n) is 5.54. The van der Waals surface area contributed by atoms with Gasteiger partial charge in [0.25, 0.3) is 0 Å². The lowest BCUT2D eigenvalue weighted by atomic mass is 9.85. The van der Waals surface area contributed by atoms with E-state index in [1.165, 1.54) is 0 Å². The zero-order valence-electron chi connectivity index (χ0n) is 16.8. The molecule has 1 aliphatic heterocycles. The van der Waals surface area contributed by atoms with Crippen LogP contribution in [-0.4, -0.2) is 4.98 Å². The minimum absolute atomic E-state index is 0.0836. The van der Waals surface area contributed by atoms with Gasteiger partial charge in [-0.3, -0.25) is 0 Å². The van der Waals surface area contributed by atoms with Crippen LogP contribution in [0, 0.1) is 11.3 Å². The van der Waals surface area contributed by atoms with Crippen LogP contribution in [0.4, 0.5) is 0 Å². The smallest absolute Gasteiger partial charge is 0.205 e. The van der Waals surface area contributed by atoms with Crippen molar-refractivity contribution in [3.8, 4) is 17.3 Å². The van der Waals surface area contributed by atoms with Gasteiger partial charge in [-0.1, -0.05) is 53.5 Å². The van der Waals surface area contributed by atoms with Gasteiger partial charge in [-0.05, 0) is 59.7 Å². The van der Waals surface area contributed by atoms with E-state index in [0.29, 0.717) is 21.4 Å². The van der Waals surface area contributed by atoms with Gasteiger partial charge >= 0.3 is 0 Å². The molecule has 2 heterocycles. The Labute approximate surface area is 195 Å². The number of aromatic amines is 1. The van der Waals surface area contributed by atoms with Crippen LogP contribution in [0.1, 0.15) is 17.0 Å². The number of benzene rings is 3. The SMILES string of the molecule is N#CC1=C(N)OC(c2ccc(Cl)cc2)=CC1c1c(-c2ccccc2)[nH]c2ccc(Cl)cc12. The van der Waals surface area contributed by atoms with E-state index in [1.54, 1.807) is 12.1 Å². The van der Waals surface area contributed by atoms with Crippen LogP contribution in [0.15, 0.2) is 90.3 Å². The first-order chi connectivity index (χ1) is 15.5. The molecule has 6 heteroatoms. The summed E-state index contributed by atoms with van der Waals surface area (Å²) in [6.45, 7) is 0. The van der Waals surface area contributed by atoms with Gasteiger partial charge in [-0.25, -0.2) is 0 Å². The maximum absolute atomic E-state index is 9.96. The molecule has 0 amide bonds. The van der Waals surface area contributed by atoms with Crippen LogP contribution in [0.5, 0.6) is 0 Å². The number of allylic oxidation sites excluding steroid dienone is 2. The summed E-state index contributed by atoms with van der Waals surface area (Å²) >= 11 is 12.4. The van der Waals surface area contributed by atoms with Crippen molar-refractivity contribution >= 4 is 39.9 Å². The first-order valence-corrected chi connectivity index (χ1v) is 10.7. The predicted molar refractivity (Wildman–Crippen MR) is 129 cm³/mol. The van der Waals surface area contributed by atoms with E-state index < -0.39 is 5.92 Å². The molecule has 3 aromatic carbocycles. The molecule has 4 aromatic rings. The van der Waals surface area contributed by atoms with Crippen LogP contribution in [0.3, 0.4) is 0 Å². The lowest BCUT2D eigenvalue weighted by molar-refractivity contribution is 0.361. The number of H-pyrrole nitrogens is 1. The minimum atomic E-state index is -0.429. The fraction of sp³-hybridized carbons (Fsp3) is 0.0385. The zero-order chi connectivity index (χ0) is 22.2. The van der Waals surface area contributed by atoms with Gasteiger partial charge in [0, 0.05) is 32.4 Å². The number of nitrogens with one attached hydrogen (secondary N) is 1. The monoisotopic (exact) mass is 457 g/mol. The molecule has 3 N–H and O–H groups in total. The molecule has 0 saturated carbocycles. The number of ether oxygens (including phenoxy) is 1. The number of halogens is 2. The number of nitriles is 1. The second-order valence-electron chi connectivity index (χ2n) is 7.48. The molecule has 0 radical (unpaired) electrons. The van der Waals surface area contributed by atoms with Crippen LogP contribution in [-0.2, 0) is 4.74 Å². The molecule has 5 rings (SSSR count). The van der Waals surface area contributed by atoms with Gasteiger partial charge in [0.2, 0.25) is 5.88 Å². The molecule has 1 aliphatic rings. The van der Waals surface area contributed by atoms with Gasteiger partial charge in [-0.15, -0.1) is 0 Å². The first kappa shape index (κ1) is 20.3. The largest absolute Gasteiger partial charge is 0.440 e. The third kappa shape index (κ3) is 3.52. The topological polar surface area (TPSA) is 74.8 Å². The van der Waals surface area contributed by atoms with Crippen LogP contribution >= 0.6 is 23.2 Å². The van der Waals surface area contributed by atoms with E-state index in [4.69, 9.17) is 33.7 Å². The molecule has 0 fully saturated rings. The van der Waals surface area contributed by atoms with Gasteiger partial charge in [0.15, 0.2) is 0 Å². The van der Waals surface area contributed by atoms with Gasteiger partial charge in [0.05, 0.1) is 5.69 Å². The highest BCUT2D eigenvalue weighted by molar-refractivity contribution is 6.31.